The van der Waals surface area contributed by atoms with Crippen molar-refractivity contribution in [1.29, 1.82) is 0 Å². The molecule has 0 saturated carbocycles. The maximum Gasteiger partial charge on any atom is 0.318 e. The fraction of sp³-hybridized carbons (Fsp3) is 0.833. The van der Waals surface area contributed by atoms with E-state index in [2.05, 4.69) is 5.32 Å². The summed E-state index contributed by atoms with van der Waals surface area (Å²) >= 11 is 0. The molecular weight excluding hydrogens is 222 g/mol. The Balaban J connectivity index is 2.60. The van der Waals surface area contributed by atoms with E-state index in [1.807, 2.05) is 13.8 Å². The quantitative estimate of drug-likeness (QED) is 0.730. The van der Waals surface area contributed by atoms with Crippen LogP contribution in [0.1, 0.15) is 40.5 Å². The van der Waals surface area contributed by atoms with E-state index >= 15 is 0 Å². The topological polar surface area (TPSA) is 75.6 Å². The number of nitrogens with one attached hydrogen (secondary N) is 1. The van der Waals surface area contributed by atoms with E-state index in [0.717, 1.165) is 6.42 Å². The Bertz CT molecular complexity index is 322. The van der Waals surface area contributed by atoms with Gasteiger partial charge in [-0.3, -0.25) is 9.59 Å². The summed E-state index contributed by atoms with van der Waals surface area (Å²) in [5.74, 6) is -1.55. The number of carboxylic acid groups (broad SMARTS) is 1. The van der Waals surface area contributed by atoms with Crippen LogP contribution in [0.3, 0.4) is 0 Å². The van der Waals surface area contributed by atoms with Gasteiger partial charge in [-0.1, -0.05) is 0 Å². The molecule has 1 heterocycles. The van der Waals surface area contributed by atoms with Gasteiger partial charge in [0.15, 0.2) is 0 Å². The summed E-state index contributed by atoms with van der Waals surface area (Å²) in [7, 11) is 0. The average Bonchev–Trinajstić information content (AvgIpc) is 2.15. The molecule has 0 aromatic rings. The minimum atomic E-state index is -1.39. The summed E-state index contributed by atoms with van der Waals surface area (Å²) in [5.41, 5.74) is -1.65. The lowest BCUT2D eigenvalue weighted by molar-refractivity contribution is -0.154. The Morgan fingerprint density at radius 1 is 1.41 bits per heavy atom. The normalized spacial score (nSPS) is 24.1. The Kier molecular flexibility index (Phi) is 3.81. The van der Waals surface area contributed by atoms with Crippen LogP contribution >= 0.6 is 0 Å². The van der Waals surface area contributed by atoms with Gasteiger partial charge >= 0.3 is 5.97 Å². The second-order valence-corrected chi connectivity index (χ2v) is 5.70. The zero-order chi connectivity index (χ0) is 13.3. The number of hydrogen-bond acceptors (Lipinski definition) is 3. The molecule has 0 aromatic carbocycles. The zero-order valence-corrected chi connectivity index (χ0v) is 10.9. The lowest BCUT2D eigenvalue weighted by Crippen LogP contribution is -2.51. The smallest absolute Gasteiger partial charge is 0.318 e. The number of amides is 1. The van der Waals surface area contributed by atoms with Gasteiger partial charge in [0.05, 0.1) is 5.60 Å². The number of carbonyl (C=O) groups is 2. The molecule has 2 N–H and O–H groups in total. The van der Waals surface area contributed by atoms with E-state index < -0.39 is 17.3 Å². The first-order chi connectivity index (χ1) is 7.65. The zero-order valence-electron chi connectivity index (χ0n) is 10.9. The third-order valence-electron chi connectivity index (χ3n) is 3.13. The number of aliphatic carboxylic acids is 1. The fourth-order valence-corrected chi connectivity index (χ4v) is 1.82. The molecule has 17 heavy (non-hydrogen) atoms. The van der Waals surface area contributed by atoms with Crippen molar-refractivity contribution in [2.45, 2.75) is 52.2 Å². The van der Waals surface area contributed by atoms with Crippen LogP contribution in [0.2, 0.25) is 0 Å². The van der Waals surface area contributed by atoms with Gasteiger partial charge in [-0.05, 0) is 40.5 Å². The monoisotopic (exact) mass is 243 g/mol. The predicted molar refractivity (Wildman–Crippen MR) is 62.6 cm³/mol. The minimum Gasteiger partial charge on any atom is -0.480 e. The molecule has 0 spiro atoms. The van der Waals surface area contributed by atoms with E-state index in [-0.39, 0.29) is 11.6 Å². The van der Waals surface area contributed by atoms with Crippen molar-refractivity contribution >= 4 is 11.9 Å². The van der Waals surface area contributed by atoms with E-state index in [1.165, 1.54) is 13.8 Å². The average molecular weight is 243 g/mol. The molecule has 0 aliphatic carbocycles. The van der Waals surface area contributed by atoms with Crippen LogP contribution in [0.5, 0.6) is 0 Å². The summed E-state index contributed by atoms with van der Waals surface area (Å²) in [6, 6.07) is -0.00938. The molecule has 5 nitrogen and oxygen atoms in total. The van der Waals surface area contributed by atoms with Crippen molar-refractivity contribution in [3.63, 3.8) is 0 Å². The van der Waals surface area contributed by atoms with Crippen molar-refractivity contribution in [3.8, 4) is 0 Å². The highest BCUT2D eigenvalue weighted by Crippen LogP contribution is 2.25. The molecule has 1 amide bonds. The van der Waals surface area contributed by atoms with E-state index in [4.69, 9.17) is 9.84 Å². The van der Waals surface area contributed by atoms with Gasteiger partial charge in [0.2, 0.25) is 5.91 Å². The molecule has 1 saturated heterocycles. The van der Waals surface area contributed by atoms with Crippen LogP contribution in [0.15, 0.2) is 0 Å². The molecule has 1 unspecified atom stereocenters. The third-order valence-corrected chi connectivity index (χ3v) is 3.13. The van der Waals surface area contributed by atoms with Crippen LogP contribution < -0.4 is 5.32 Å². The molecule has 1 rings (SSSR count). The number of carboxylic acids is 1. The predicted octanol–water partition coefficient (Wildman–Crippen LogP) is 1.17. The maximum atomic E-state index is 11.9. The number of ether oxygens (including phenoxy) is 1. The maximum absolute atomic E-state index is 11.9. The lowest BCUT2D eigenvalue weighted by atomic mass is 9.89. The van der Waals surface area contributed by atoms with Crippen molar-refractivity contribution in [1.82, 2.24) is 5.32 Å². The SMILES string of the molecule is CC1(C)CC(NC(=O)C(C)(C)C(=O)O)CCO1. The van der Waals surface area contributed by atoms with Crippen LogP contribution in [-0.4, -0.2) is 35.2 Å². The van der Waals surface area contributed by atoms with Gasteiger partial charge in [0.25, 0.3) is 0 Å². The Morgan fingerprint density at radius 2 is 2.00 bits per heavy atom. The first-order valence-corrected chi connectivity index (χ1v) is 5.83. The lowest BCUT2D eigenvalue weighted by Gasteiger charge is -2.36. The minimum absolute atomic E-state index is 0.00938. The summed E-state index contributed by atoms with van der Waals surface area (Å²) in [6.07, 6.45) is 1.43. The summed E-state index contributed by atoms with van der Waals surface area (Å²) in [6.45, 7) is 7.34. The Morgan fingerprint density at radius 3 is 2.47 bits per heavy atom. The first kappa shape index (κ1) is 14.0. The summed E-state index contributed by atoms with van der Waals surface area (Å²) in [5, 5.41) is 11.8. The fourth-order valence-electron chi connectivity index (χ4n) is 1.82. The van der Waals surface area contributed by atoms with Crippen molar-refractivity contribution in [2.75, 3.05) is 6.61 Å². The molecule has 0 bridgehead atoms. The summed E-state index contributed by atoms with van der Waals surface area (Å²) in [4.78, 5) is 22.8. The van der Waals surface area contributed by atoms with Gasteiger partial charge in [-0.15, -0.1) is 0 Å². The van der Waals surface area contributed by atoms with Crippen molar-refractivity contribution in [3.05, 3.63) is 0 Å². The third kappa shape index (κ3) is 3.43. The van der Waals surface area contributed by atoms with Crippen molar-refractivity contribution < 1.29 is 19.4 Å². The van der Waals surface area contributed by atoms with Gasteiger partial charge in [0, 0.05) is 12.6 Å². The second-order valence-electron chi connectivity index (χ2n) is 5.70. The van der Waals surface area contributed by atoms with Crippen molar-refractivity contribution in [2.24, 2.45) is 5.41 Å². The van der Waals surface area contributed by atoms with Crippen LogP contribution in [0.4, 0.5) is 0 Å². The molecule has 1 fully saturated rings. The highest BCUT2D eigenvalue weighted by molar-refractivity contribution is 6.01. The van der Waals surface area contributed by atoms with Crippen LogP contribution in [-0.2, 0) is 14.3 Å². The highest BCUT2D eigenvalue weighted by Gasteiger charge is 2.38. The van der Waals surface area contributed by atoms with E-state index in [0.29, 0.717) is 13.0 Å². The largest absolute Gasteiger partial charge is 0.480 e. The molecule has 1 aliphatic rings. The molecule has 0 aromatic heterocycles. The van der Waals surface area contributed by atoms with Gasteiger partial charge in [-0.25, -0.2) is 0 Å². The Hall–Kier alpha value is -1.10. The summed E-state index contributed by atoms with van der Waals surface area (Å²) < 4.78 is 5.54. The number of hydrogen-bond donors (Lipinski definition) is 2. The van der Waals surface area contributed by atoms with Crippen LogP contribution in [0, 0.1) is 5.41 Å². The van der Waals surface area contributed by atoms with Gasteiger partial charge in [-0.2, -0.15) is 0 Å². The standard InChI is InChI=1S/C12H21NO4/c1-11(2)7-8(5-6-17-11)13-9(14)12(3,4)10(15)16/h8H,5-7H2,1-4H3,(H,13,14)(H,15,16). The molecule has 1 atom stereocenters. The molecule has 0 radical (unpaired) electrons. The van der Waals surface area contributed by atoms with Gasteiger partial charge < -0.3 is 15.2 Å². The molecular formula is C12H21NO4. The van der Waals surface area contributed by atoms with Crippen LogP contribution in [0.25, 0.3) is 0 Å². The Labute approximate surface area is 102 Å². The molecule has 1 aliphatic heterocycles. The highest BCUT2D eigenvalue weighted by atomic mass is 16.5. The second kappa shape index (κ2) is 4.64. The molecule has 5 heteroatoms. The van der Waals surface area contributed by atoms with E-state index in [9.17, 15) is 9.59 Å². The van der Waals surface area contributed by atoms with E-state index in [1.54, 1.807) is 0 Å². The first-order valence-electron chi connectivity index (χ1n) is 5.83. The number of carbonyl (C=O) groups excluding carboxylic acids is 1. The molecule has 98 valence electrons. The van der Waals surface area contributed by atoms with Gasteiger partial charge in [0.1, 0.15) is 5.41 Å². The number of rotatable bonds is 3.